The fourth-order valence-electron chi connectivity index (χ4n) is 1.10. The molecule has 14 heavy (non-hydrogen) atoms. The highest BCUT2D eigenvalue weighted by Gasteiger charge is 2.22. The predicted molar refractivity (Wildman–Crippen MR) is 56.1 cm³/mol. The van der Waals surface area contributed by atoms with Gasteiger partial charge in [-0.1, -0.05) is 18.2 Å². The van der Waals surface area contributed by atoms with Crippen LogP contribution >= 0.6 is 12.6 Å². The molecule has 0 bridgehead atoms. The molecule has 0 unspecified atom stereocenters. The van der Waals surface area contributed by atoms with Gasteiger partial charge in [0.2, 0.25) is 5.90 Å². The van der Waals surface area contributed by atoms with Crippen molar-refractivity contribution in [3.05, 3.63) is 47.0 Å². The minimum atomic E-state index is -0.459. The fourth-order valence-corrected chi connectivity index (χ4v) is 1.27. The molecule has 1 aromatic rings. The second-order valence-electron chi connectivity index (χ2n) is 2.69. The van der Waals surface area contributed by atoms with Crippen LogP contribution in [-0.2, 0) is 9.53 Å². The van der Waals surface area contributed by atoms with Gasteiger partial charge < -0.3 is 4.74 Å². The molecular weight excluding hydrogens is 198 g/mol. The zero-order valence-corrected chi connectivity index (χ0v) is 8.07. The van der Waals surface area contributed by atoms with E-state index in [9.17, 15) is 4.79 Å². The van der Waals surface area contributed by atoms with Crippen LogP contribution in [0.3, 0.4) is 0 Å². The number of thiol groups is 1. The minimum Gasteiger partial charge on any atom is -0.402 e. The molecule has 0 fully saturated rings. The SMILES string of the molecule is O=C1OC(c2ccccc2)=NC1=CS. The number of carbonyl (C=O) groups is 1. The third kappa shape index (κ3) is 1.56. The molecule has 0 saturated heterocycles. The van der Waals surface area contributed by atoms with Gasteiger partial charge in [0.25, 0.3) is 0 Å². The van der Waals surface area contributed by atoms with E-state index in [1.165, 1.54) is 5.41 Å². The first-order chi connectivity index (χ1) is 6.81. The average molecular weight is 205 g/mol. The minimum absolute atomic E-state index is 0.229. The summed E-state index contributed by atoms with van der Waals surface area (Å²) >= 11 is 3.86. The van der Waals surface area contributed by atoms with Crippen molar-refractivity contribution >= 4 is 24.5 Å². The van der Waals surface area contributed by atoms with E-state index in [1.54, 1.807) is 0 Å². The third-order valence-electron chi connectivity index (χ3n) is 1.76. The molecule has 70 valence electrons. The van der Waals surface area contributed by atoms with Gasteiger partial charge >= 0.3 is 5.97 Å². The van der Waals surface area contributed by atoms with Gasteiger partial charge in [-0.05, 0) is 12.1 Å². The highest BCUT2D eigenvalue weighted by atomic mass is 32.1. The molecule has 1 aliphatic heterocycles. The van der Waals surface area contributed by atoms with Crippen LogP contribution in [-0.4, -0.2) is 11.9 Å². The number of hydrogen-bond acceptors (Lipinski definition) is 4. The van der Waals surface area contributed by atoms with Crippen LogP contribution < -0.4 is 0 Å². The molecule has 2 rings (SSSR count). The van der Waals surface area contributed by atoms with E-state index >= 15 is 0 Å². The van der Waals surface area contributed by atoms with Crippen LogP contribution in [0, 0.1) is 0 Å². The summed E-state index contributed by atoms with van der Waals surface area (Å²) in [6.45, 7) is 0. The Bertz CT molecular complexity index is 423. The summed E-state index contributed by atoms with van der Waals surface area (Å²) in [7, 11) is 0. The summed E-state index contributed by atoms with van der Waals surface area (Å²) in [5, 5.41) is 1.33. The Morgan fingerprint density at radius 3 is 2.57 bits per heavy atom. The Hall–Kier alpha value is -1.55. The van der Waals surface area contributed by atoms with Gasteiger partial charge in [0.1, 0.15) is 0 Å². The van der Waals surface area contributed by atoms with E-state index in [0.29, 0.717) is 5.90 Å². The van der Waals surface area contributed by atoms with Crippen molar-refractivity contribution in [2.75, 3.05) is 0 Å². The van der Waals surface area contributed by atoms with E-state index in [0.717, 1.165) is 5.56 Å². The number of nitrogens with zero attached hydrogens (tertiary/aromatic N) is 1. The van der Waals surface area contributed by atoms with Crippen LogP contribution in [0.25, 0.3) is 0 Å². The first-order valence-electron chi connectivity index (χ1n) is 4.02. The molecule has 0 saturated carbocycles. The summed E-state index contributed by atoms with van der Waals surface area (Å²) in [5.74, 6) is -0.130. The summed E-state index contributed by atoms with van der Waals surface area (Å²) in [5.41, 5.74) is 1.01. The summed E-state index contributed by atoms with van der Waals surface area (Å²) in [4.78, 5) is 15.1. The zero-order valence-electron chi connectivity index (χ0n) is 7.18. The number of cyclic esters (lactones) is 1. The maximum absolute atomic E-state index is 11.1. The van der Waals surface area contributed by atoms with Crippen molar-refractivity contribution < 1.29 is 9.53 Å². The summed E-state index contributed by atoms with van der Waals surface area (Å²) in [6, 6.07) is 9.25. The molecule has 0 atom stereocenters. The van der Waals surface area contributed by atoms with E-state index in [2.05, 4.69) is 17.6 Å². The Labute approximate surface area is 86.5 Å². The van der Waals surface area contributed by atoms with Crippen molar-refractivity contribution in [3.63, 3.8) is 0 Å². The number of ether oxygens (including phenoxy) is 1. The van der Waals surface area contributed by atoms with E-state index in [1.807, 2.05) is 30.3 Å². The lowest BCUT2D eigenvalue weighted by molar-refractivity contribution is -0.130. The van der Waals surface area contributed by atoms with Crippen LogP contribution in [0.5, 0.6) is 0 Å². The average Bonchev–Trinajstić information content (AvgIpc) is 2.61. The summed E-state index contributed by atoms with van der Waals surface area (Å²) in [6.07, 6.45) is 0. The normalized spacial score (nSPS) is 18.2. The van der Waals surface area contributed by atoms with Gasteiger partial charge in [0.15, 0.2) is 5.70 Å². The predicted octanol–water partition coefficient (Wildman–Crippen LogP) is 1.76. The molecule has 0 radical (unpaired) electrons. The fraction of sp³-hybridized carbons (Fsp3) is 0. The topological polar surface area (TPSA) is 38.7 Å². The van der Waals surface area contributed by atoms with Gasteiger partial charge in [-0.25, -0.2) is 9.79 Å². The van der Waals surface area contributed by atoms with Crippen molar-refractivity contribution in [3.8, 4) is 0 Å². The van der Waals surface area contributed by atoms with Gasteiger partial charge in [-0.15, -0.1) is 12.6 Å². The van der Waals surface area contributed by atoms with Crippen LogP contribution in [0.1, 0.15) is 5.56 Å². The first-order valence-corrected chi connectivity index (χ1v) is 4.53. The second-order valence-corrected chi connectivity index (χ2v) is 2.95. The quantitative estimate of drug-likeness (QED) is 0.431. The lowest BCUT2D eigenvalue weighted by atomic mass is 10.2. The van der Waals surface area contributed by atoms with Crippen molar-refractivity contribution in [2.45, 2.75) is 0 Å². The third-order valence-corrected chi connectivity index (χ3v) is 2.01. The van der Waals surface area contributed by atoms with Crippen molar-refractivity contribution in [2.24, 2.45) is 4.99 Å². The lowest BCUT2D eigenvalue weighted by Crippen LogP contribution is -2.04. The molecule has 1 aromatic carbocycles. The van der Waals surface area contributed by atoms with Crippen molar-refractivity contribution in [1.82, 2.24) is 0 Å². The monoisotopic (exact) mass is 205 g/mol. The van der Waals surface area contributed by atoms with E-state index in [4.69, 9.17) is 4.74 Å². The van der Waals surface area contributed by atoms with E-state index < -0.39 is 5.97 Å². The molecule has 0 spiro atoms. The summed E-state index contributed by atoms with van der Waals surface area (Å²) < 4.78 is 4.94. The molecule has 0 aliphatic carbocycles. The molecule has 1 aliphatic rings. The lowest BCUT2D eigenvalue weighted by Gasteiger charge is -1.96. The largest absolute Gasteiger partial charge is 0.402 e. The number of benzene rings is 1. The molecule has 4 heteroatoms. The molecule has 0 amide bonds. The van der Waals surface area contributed by atoms with Gasteiger partial charge in [-0.3, -0.25) is 0 Å². The maximum Gasteiger partial charge on any atom is 0.364 e. The molecule has 0 aromatic heterocycles. The maximum atomic E-state index is 11.1. The molecular formula is C10H7NO2S. The number of hydrogen-bond donors (Lipinski definition) is 1. The number of esters is 1. The van der Waals surface area contributed by atoms with Gasteiger partial charge in [0, 0.05) is 11.0 Å². The standard InChI is InChI=1S/C10H7NO2S/c12-10-8(6-14)11-9(13-10)7-4-2-1-3-5-7/h1-6,14H. The zero-order chi connectivity index (χ0) is 9.97. The van der Waals surface area contributed by atoms with Gasteiger partial charge in [-0.2, -0.15) is 0 Å². The highest BCUT2D eigenvalue weighted by molar-refractivity contribution is 7.83. The number of carbonyl (C=O) groups excluding carboxylic acids is 1. The Balaban J connectivity index is 2.36. The van der Waals surface area contributed by atoms with Gasteiger partial charge in [0.05, 0.1) is 0 Å². The van der Waals surface area contributed by atoms with E-state index in [-0.39, 0.29) is 5.70 Å². The smallest absolute Gasteiger partial charge is 0.364 e. The first kappa shape index (κ1) is 9.02. The second kappa shape index (κ2) is 3.67. The molecule has 1 heterocycles. The highest BCUT2D eigenvalue weighted by Crippen LogP contribution is 2.16. The molecule has 0 N–H and O–H groups in total. The Morgan fingerprint density at radius 1 is 1.29 bits per heavy atom. The van der Waals surface area contributed by atoms with Crippen LogP contribution in [0.4, 0.5) is 0 Å². The van der Waals surface area contributed by atoms with Crippen LogP contribution in [0.15, 0.2) is 46.4 Å². The molecule has 3 nitrogen and oxygen atoms in total. The Kier molecular flexibility index (Phi) is 2.37. The van der Waals surface area contributed by atoms with Crippen molar-refractivity contribution in [1.29, 1.82) is 0 Å². The Morgan fingerprint density at radius 2 is 2.00 bits per heavy atom. The van der Waals surface area contributed by atoms with Crippen LogP contribution in [0.2, 0.25) is 0 Å². The number of aliphatic imine (C=N–C) groups is 1. The number of rotatable bonds is 1.